The minimum Gasteiger partial charge on any atom is -0.345 e. The van der Waals surface area contributed by atoms with Crippen LogP contribution in [0.15, 0.2) is 18.2 Å². The first kappa shape index (κ1) is 14.9. The maximum Gasteiger partial charge on any atom is 0.251 e. The Bertz CT molecular complexity index is 507. The second-order valence-electron chi connectivity index (χ2n) is 5.77. The van der Waals surface area contributed by atoms with E-state index in [0.29, 0.717) is 12.5 Å². The molecule has 5 heteroatoms. The Labute approximate surface area is 117 Å². The molecule has 1 aromatic carbocycles. The fourth-order valence-corrected chi connectivity index (χ4v) is 2.96. The lowest BCUT2D eigenvalue weighted by atomic mass is 9.76. The van der Waals surface area contributed by atoms with Gasteiger partial charge in [0.15, 0.2) is 11.6 Å². The Hall–Kier alpha value is -1.49. The standard InChI is InChI=1S/C15H20F2N2O/c1-10-3-2-6-15(8-10,9-18)19-14(20)11-4-5-12(16)13(17)7-11/h4-5,7,10H,2-3,6,8-9,18H2,1H3,(H,19,20). The summed E-state index contributed by atoms with van der Waals surface area (Å²) in [6.45, 7) is 2.49. The monoisotopic (exact) mass is 282 g/mol. The Morgan fingerprint density at radius 3 is 2.80 bits per heavy atom. The van der Waals surface area contributed by atoms with Crippen molar-refractivity contribution in [2.45, 2.75) is 38.1 Å². The van der Waals surface area contributed by atoms with Crippen molar-refractivity contribution in [3.63, 3.8) is 0 Å². The van der Waals surface area contributed by atoms with Gasteiger partial charge in [-0.05, 0) is 37.0 Å². The first-order chi connectivity index (χ1) is 9.46. The van der Waals surface area contributed by atoms with Gasteiger partial charge in [-0.15, -0.1) is 0 Å². The van der Waals surface area contributed by atoms with Crippen LogP contribution in [0.2, 0.25) is 0 Å². The lowest BCUT2D eigenvalue weighted by molar-refractivity contribution is 0.0853. The lowest BCUT2D eigenvalue weighted by Crippen LogP contribution is -2.56. The Kier molecular flexibility index (Phi) is 4.38. The zero-order chi connectivity index (χ0) is 14.8. The molecule has 1 aromatic rings. The van der Waals surface area contributed by atoms with Gasteiger partial charge in [0.2, 0.25) is 0 Å². The van der Waals surface area contributed by atoms with Crippen LogP contribution in [0.1, 0.15) is 43.0 Å². The number of carbonyl (C=O) groups excluding carboxylic acids is 1. The molecule has 0 aliphatic heterocycles. The first-order valence-electron chi connectivity index (χ1n) is 6.93. The molecule has 1 amide bonds. The average Bonchev–Trinajstić information content (AvgIpc) is 2.41. The van der Waals surface area contributed by atoms with Crippen LogP contribution in [0.25, 0.3) is 0 Å². The van der Waals surface area contributed by atoms with Gasteiger partial charge in [0.1, 0.15) is 0 Å². The second kappa shape index (κ2) is 5.87. The fourth-order valence-electron chi connectivity index (χ4n) is 2.96. The average molecular weight is 282 g/mol. The van der Waals surface area contributed by atoms with E-state index >= 15 is 0 Å². The summed E-state index contributed by atoms with van der Waals surface area (Å²) in [7, 11) is 0. The van der Waals surface area contributed by atoms with Gasteiger partial charge in [0, 0.05) is 12.1 Å². The number of halogens is 2. The molecule has 2 unspecified atom stereocenters. The number of benzene rings is 1. The van der Waals surface area contributed by atoms with Gasteiger partial charge in [-0.25, -0.2) is 8.78 Å². The van der Waals surface area contributed by atoms with E-state index in [2.05, 4.69) is 12.2 Å². The molecule has 0 saturated heterocycles. The number of rotatable bonds is 3. The normalized spacial score (nSPS) is 26.3. The molecule has 3 N–H and O–H groups in total. The van der Waals surface area contributed by atoms with Crippen molar-refractivity contribution in [2.24, 2.45) is 11.7 Å². The molecule has 1 aliphatic rings. The molecular weight excluding hydrogens is 262 g/mol. The SMILES string of the molecule is CC1CCCC(CN)(NC(=O)c2ccc(F)c(F)c2)C1. The van der Waals surface area contributed by atoms with Crippen LogP contribution in [0.3, 0.4) is 0 Å². The van der Waals surface area contributed by atoms with Crippen molar-refractivity contribution in [3.8, 4) is 0 Å². The molecule has 1 saturated carbocycles. The predicted molar refractivity (Wildman–Crippen MR) is 73.2 cm³/mol. The van der Waals surface area contributed by atoms with E-state index in [9.17, 15) is 13.6 Å². The van der Waals surface area contributed by atoms with Crippen molar-refractivity contribution in [1.82, 2.24) is 5.32 Å². The minimum absolute atomic E-state index is 0.120. The first-order valence-corrected chi connectivity index (χ1v) is 6.93. The Balaban J connectivity index is 2.14. The number of nitrogens with one attached hydrogen (secondary N) is 1. The molecule has 110 valence electrons. The number of hydrogen-bond donors (Lipinski definition) is 2. The van der Waals surface area contributed by atoms with Crippen LogP contribution in [0.4, 0.5) is 8.78 Å². The van der Waals surface area contributed by atoms with Crippen molar-refractivity contribution in [3.05, 3.63) is 35.4 Å². The summed E-state index contributed by atoms with van der Waals surface area (Å²) in [4.78, 5) is 12.2. The molecule has 0 aromatic heterocycles. The van der Waals surface area contributed by atoms with Crippen LogP contribution in [-0.4, -0.2) is 18.0 Å². The number of nitrogens with two attached hydrogens (primary N) is 1. The maximum atomic E-state index is 13.2. The summed E-state index contributed by atoms with van der Waals surface area (Å²) >= 11 is 0. The molecule has 20 heavy (non-hydrogen) atoms. The zero-order valence-electron chi connectivity index (χ0n) is 11.6. The molecule has 1 fully saturated rings. The van der Waals surface area contributed by atoms with Crippen LogP contribution in [0.5, 0.6) is 0 Å². The molecule has 1 aliphatic carbocycles. The summed E-state index contributed by atoms with van der Waals surface area (Å²) in [5, 5.41) is 2.92. The van der Waals surface area contributed by atoms with E-state index in [1.807, 2.05) is 0 Å². The van der Waals surface area contributed by atoms with Crippen LogP contribution in [0, 0.1) is 17.6 Å². The highest BCUT2D eigenvalue weighted by atomic mass is 19.2. The molecule has 3 nitrogen and oxygen atoms in total. The van der Waals surface area contributed by atoms with E-state index in [1.165, 1.54) is 6.07 Å². The van der Waals surface area contributed by atoms with Gasteiger partial charge in [-0.2, -0.15) is 0 Å². The van der Waals surface area contributed by atoms with Crippen molar-refractivity contribution in [1.29, 1.82) is 0 Å². The molecule has 0 spiro atoms. The van der Waals surface area contributed by atoms with E-state index in [-0.39, 0.29) is 5.56 Å². The molecule has 0 heterocycles. The molecule has 0 radical (unpaired) electrons. The van der Waals surface area contributed by atoms with Gasteiger partial charge in [-0.3, -0.25) is 4.79 Å². The minimum atomic E-state index is -1.02. The van der Waals surface area contributed by atoms with E-state index < -0.39 is 23.1 Å². The number of carbonyl (C=O) groups is 1. The third-order valence-electron chi connectivity index (χ3n) is 4.04. The van der Waals surface area contributed by atoms with Gasteiger partial charge < -0.3 is 11.1 Å². The van der Waals surface area contributed by atoms with Gasteiger partial charge in [-0.1, -0.05) is 19.8 Å². The molecule has 2 atom stereocenters. The fraction of sp³-hybridized carbons (Fsp3) is 0.533. The van der Waals surface area contributed by atoms with Crippen molar-refractivity contribution >= 4 is 5.91 Å². The topological polar surface area (TPSA) is 55.1 Å². The van der Waals surface area contributed by atoms with Crippen LogP contribution in [-0.2, 0) is 0 Å². The maximum absolute atomic E-state index is 13.2. The highest BCUT2D eigenvalue weighted by molar-refractivity contribution is 5.94. The Morgan fingerprint density at radius 2 is 2.20 bits per heavy atom. The summed E-state index contributed by atoms with van der Waals surface area (Å²) in [6, 6.07) is 3.16. The van der Waals surface area contributed by atoms with Crippen LogP contribution >= 0.6 is 0 Å². The molecular formula is C15H20F2N2O. The number of amides is 1. The van der Waals surface area contributed by atoms with Crippen molar-refractivity contribution < 1.29 is 13.6 Å². The zero-order valence-corrected chi connectivity index (χ0v) is 11.6. The summed E-state index contributed by atoms with van der Waals surface area (Å²) in [5.74, 6) is -1.88. The van der Waals surface area contributed by atoms with Gasteiger partial charge >= 0.3 is 0 Å². The van der Waals surface area contributed by atoms with E-state index in [1.54, 1.807) is 0 Å². The van der Waals surface area contributed by atoms with Crippen LogP contribution < -0.4 is 11.1 Å². The number of hydrogen-bond acceptors (Lipinski definition) is 2. The second-order valence-corrected chi connectivity index (χ2v) is 5.77. The lowest BCUT2D eigenvalue weighted by Gasteiger charge is -2.40. The summed E-state index contributed by atoms with van der Waals surface area (Å²) < 4.78 is 26.1. The summed E-state index contributed by atoms with van der Waals surface area (Å²) in [5.41, 5.74) is 5.52. The third kappa shape index (κ3) is 3.15. The highest BCUT2D eigenvalue weighted by Crippen LogP contribution is 2.31. The summed E-state index contributed by atoms with van der Waals surface area (Å²) in [6.07, 6.45) is 3.78. The smallest absolute Gasteiger partial charge is 0.251 e. The molecule has 2 rings (SSSR count). The largest absolute Gasteiger partial charge is 0.345 e. The van der Waals surface area contributed by atoms with E-state index in [0.717, 1.165) is 37.8 Å². The molecule has 0 bridgehead atoms. The quantitative estimate of drug-likeness (QED) is 0.895. The highest BCUT2D eigenvalue weighted by Gasteiger charge is 2.35. The predicted octanol–water partition coefficient (Wildman–Crippen LogP) is 2.60. The third-order valence-corrected chi connectivity index (χ3v) is 4.04. The van der Waals surface area contributed by atoms with Gasteiger partial charge in [0.05, 0.1) is 5.54 Å². The van der Waals surface area contributed by atoms with E-state index in [4.69, 9.17) is 5.73 Å². The Morgan fingerprint density at radius 1 is 1.45 bits per heavy atom. The van der Waals surface area contributed by atoms with Gasteiger partial charge in [0.25, 0.3) is 5.91 Å². The van der Waals surface area contributed by atoms with Crippen molar-refractivity contribution in [2.75, 3.05) is 6.54 Å².